The summed E-state index contributed by atoms with van der Waals surface area (Å²) in [6.07, 6.45) is 1.11. The summed E-state index contributed by atoms with van der Waals surface area (Å²) in [5.41, 5.74) is 10.9. The van der Waals surface area contributed by atoms with Crippen LogP contribution in [0.5, 0.6) is 0 Å². The Morgan fingerprint density at radius 1 is 1.12 bits per heavy atom. The summed E-state index contributed by atoms with van der Waals surface area (Å²) in [6, 6.07) is 13.3. The van der Waals surface area contributed by atoms with Crippen molar-refractivity contribution in [1.82, 2.24) is 5.32 Å². The third kappa shape index (κ3) is 4.11. The fourth-order valence-corrected chi connectivity index (χ4v) is 3.08. The number of aryl methyl sites for hydroxylation is 1. The summed E-state index contributed by atoms with van der Waals surface area (Å²) >= 11 is 0. The van der Waals surface area contributed by atoms with Crippen LogP contribution in [0.1, 0.15) is 59.3 Å². The van der Waals surface area contributed by atoms with Crippen molar-refractivity contribution in [2.45, 2.75) is 38.6 Å². The fraction of sp³-hybridized carbons (Fsp3) is 0.333. The largest absolute Gasteiger partial charge is 0.350 e. The fourth-order valence-electron chi connectivity index (χ4n) is 3.08. The number of nitrogens with one attached hydrogen (secondary N) is 2. The Balaban J connectivity index is 1.60. The number of carbonyl (C=O) groups excluding carboxylic acids is 2. The minimum absolute atomic E-state index is 0.0177. The van der Waals surface area contributed by atoms with Gasteiger partial charge in [-0.1, -0.05) is 38.1 Å². The second-order valence-corrected chi connectivity index (χ2v) is 7.06. The molecule has 0 aromatic heterocycles. The summed E-state index contributed by atoms with van der Waals surface area (Å²) in [6.45, 7) is 4.67. The summed E-state index contributed by atoms with van der Waals surface area (Å²) in [4.78, 5) is 23.8. The molecule has 1 unspecified atom stereocenters. The molecule has 0 radical (unpaired) electrons. The van der Waals surface area contributed by atoms with E-state index in [1.807, 2.05) is 18.2 Å². The number of hydrogen-bond acceptors (Lipinski definition) is 3. The maximum absolute atomic E-state index is 12.4. The van der Waals surface area contributed by atoms with Crippen molar-refractivity contribution in [2.24, 2.45) is 5.73 Å². The Labute approximate surface area is 154 Å². The first kappa shape index (κ1) is 18.1. The topological polar surface area (TPSA) is 84.2 Å². The van der Waals surface area contributed by atoms with Gasteiger partial charge in [-0.3, -0.25) is 9.59 Å². The molecule has 26 heavy (non-hydrogen) atoms. The summed E-state index contributed by atoms with van der Waals surface area (Å²) in [7, 11) is 0. The minimum Gasteiger partial charge on any atom is -0.350 e. The van der Waals surface area contributed by atoms with E-state index in [1.54, 1.807) is 12.1 Å². The van der Waals surface area contributed by atoms with Gasteiger partial charge in [-0.25, -0.2) is 0 Å². The van der Waals surface area contributed by atoms with Crippen molar-refractivity contribution in [2.75, 3.05) is 11.9 Å². The van der Waals surface area contributed by atoms with Gasteiger partial charge in [-0.2, -0.15) is 0 Å². The predicted octanol–water partition coefficient (Wildman–Crippen LogP) is 3.12. The number of hydrogen-bond donors (Lipinski definition) is 3. The number of rotatable bonds is 5. The van der Waals surface area contributed by atoms with E-state index < -0.39 is 0 Å². The average molecular weight is 351 g/mol. The summed E-state index contributed by atoms with van der Waals surface area (Å²) < 4.78 is 0. The quantitative estimate of drug-likeness (QED) is 0.774. The molecule has 0 bridgehead atoms. The van der Waals surface area contributed by atoms with Crippen molar-refractivity contribution in [3.05, 3.63) is 64.7 Å². The van der Waals surface area contributed by atoms with E-state index in [2.05, 4.69) is 36.6 Å². The van der Waals surface area contributed by atoms with E-state index in [4.69, 9.17) is 5.73 Å². The van der Waals surface area contributed by atoms with Crippen molar-refractivity contribution >= 4 is 17.5 Å². The molecular formula is C21H25N3O2. The first-order valence-electron chi connectivity index (χ1n) is 9.00. The molecular weight excluding hydrogens is 326 g/mol. The number of anilines is 1. The van der Waals surface area contributed by atoms with E-state index in [-0.39, 0.29) is 17.9 Å². The van der Waals surface area contributed by atoms with Crippen molar-refractivity contribution in [3.8, 4) is 0 Å². The molecule has 1 aliphatic heterocycles. The molecule has 0 saturated carbocycles. The molecule has 1 atom stereocenters. The molecule has 2 amide bonds. The maximum atomic E-state index is 12.4. The van der Waals surface area contributed by atoms with Gasteiger partial charge in [0, 0.05) is 30.3 Å². The number of fused-ring (bicyclic) bond motifs is 1. The van der Waals surface area contributed by atoms with Crippen LogP contribution >= 0.6 is 0 Å². The lowest BCUT2D eigenvalue weighted by Crippen LogP contribution is -2.32. The molecule has 136 valence electrons. The van der Waals surface area contributed by atoms with Gasteiger partial charge < -0.3 is 16.4 Å². The third-order valence-electron chi connectivity index (χ3n) is 4.78. The van der Waals surface area contributed by atoms with Gasteiger partial charge in [0.05, 0.1) is 0 Å². The van der Waals surface area contributed by atoms with Gasteiger partial charge in [0.25, 0.3) is 5.91 Å². The molecule has 5 heteroatoms. The zero-order valence-corrected chi connectivity index (χ0v) is 15.2. The average Bonchev–Trinajstić information content (AvgIpc) is 2.65. The van der Waals surface area contributed by atoms with Gasteiger partial charge in [0.15, 0.2) is 0 Å². The molecule has 1 heterocycles. The van der Waals surface area contributed by atoms with Crippen LogP contribution in [0.15, 0.2) is 42.5 Å². The van der Waals surface area contributed by atoms with E-state index >= 15 is 0 Å². The summed E-state index contributed by atoms with van der Waals surface area (Å²) in [5.74, 6) is 0.344. The predicted molar refractivity (Wildman–Crippen MR) is 103 cm³/mol. The second-order valence-electron chi connectivity index (χ2n) is 7.06. The number of nitrogens with two attached hydrogens (primary N) is 1. The summed E-state index contributed by atoms with van der Waals surface area (Å²) in [5, 5.41) is 5.72. The highest BCUT2D eigenvalue weighted by molar-refractivity contribution is 5.97. The molecule has 2 aromatic rings. The first-order valence-corrected chi connectivity index (χ1v) is 9.00. The smallest absolute Gasteiger partial charge is 0.251 e. The Hall–Kier alpha value is -2.66. The van der Waals surface area contributed by atoms with E-state index in [0.29, 0.717) is 30.9 Å². The van der Waals surface area contributed by atoms with Crippen LogP contribution in [0.2, 0.25) is 0 Å². The molecule has 2 aromatic carbocycles. The zero-order chi connectivity index (χ0) is 18.7. The Kier molecular flexibility index (Phi) is 5.38. The van der Waals surface area contributed by atoms with Crippen molar-refractivity contribution in [1.29, 1.82) is 0 Å². The molecule has 0 spiro atoms. The monoisotopic (exact) mass is 351 g/mol. The van der Waals surface area contributed by atoms with Gasteiger partial charge >= 0.3 is 0 Å². The molecule has 1 aliphatic rings. The highest BCUT2D eigenvalue weighted by Gasteiger charge is 2.17. The van der Waals surface area contributed by atoms with Gasteiger partial charge in [-0.15, -0.1) is 0 Å². The molecule has 0 fully saturated rings. The number of amides is 2. The van der Waals surface area contributed by atoms with Crippen LogP contribution in [0.25, 0.3) is 0 Å². The molecule has 4 N–H and O–H groups in total. The SMILES string of the molecule is CC(C)c1ccc(C(N)CNC(=O)c2ccc3c(c2)CCC(=O)N3)cc1. The lowest BCUT2D eigenvalue weighted by molar-refractivity contribution is -0.116. The molecule has 5 nitrogen and oxygen atoms in total. The van der Waals surface area contributed by atoms with Crippen molar-refractivity contribution in [3.63, 3.8) is 0 Å². The van der Waals surface area contributed by atoms with Gasteiger partial charge in [0.2, 0.25) is 5.91 Å². The molecule has 0 saturated heterocycles. The van der Waals surface area contributed by atoms with Crippen LogP contribution in [0, 0.1) is 0 Å². The lowest BCUT2D eigenvalue weighted by Gasteiger charge is -2.18. The Bertz CT molecular complexity index is 813. The Morgan fingerprint density at radius 3 is 2.50 bits per heavy atom. The lowest BCUT2D eigenvalue weighted by atomic mass is 9.99. The normalized spacial score (nSPS) is 14.5. The maximum Gasteiger partial charge on any atom is 0.251 e. The number of carbonyl (C=O) groups is 2. The second kappa shape index (κ2) is 7.70. The van der Waals surface area contributed by atoms with Crippen LogP contribution in [-0.2, 0) is 11.2 Å². The highest BCUT2D eigenvalue weighted by Crippen LogP contribution is 2.23. The minimum atomic E-state index is -0.253. The Morgan fingerprint density at radius 2 is 1.81 bits per heavy atom. The van der Waals surface area contributed by atoms with Crippen LogP contribution in [-0.4, -0.2) is 18.4 Å². The first-order chi connectivity index (χ1) is 12.4. The van der Waals surface area contributed by atoms with Gasteiger partial charge in [-0.05, 0) is 47.2 Å². The van der Waals surface area contributed by atoms with Crippen LogP contribution in [0.4, 0.5) is 5.69 Å². The standard InChI is InChI=1S/C21H25N3O2/c1-13(2)14-3-5-15(6-4-14)18(22)12-23-21(26)17-7-9-19-16(11-17)8-10-20(25)24-19/h3-7,9,11,13,18H,8,10,12,22H2,1-2H3,(H,23,26)(H,24,25). The number of benzene rings is 2. The van der Waals surface area contributed by atoms with Gasteiger partial charge in [0.1, 0.15) is 0 Å². The van der Waals surface area contributed by atoms with Crippen LogP contribution < -0.4 is 16.4 Å². The van der Waals surface area contributed by atoms with E-state index in [9.17, 15) is 9.59 Å². The van der Waals surface area contributed by atoms with Crippen LogP contribution in [0.3, 0.4) is 0 Å². The molecule has 3 rings (SSSR count). The third-order valence-corrected chi connectivity index (χ3v) is 4.78. The van der Waals surface area contributed by atoms with E-state index in [0.717, 1.165) is 16.8 Å². The van der Waals surface area contributed by atoms with E-state index in [1.165, 1.54) is 5.56 Å². The molecule has 0 aliphatic carbocycles. The van der Waals surface area contributed by atoms with Crippen molar-refractivity contribution < 1.29 is 9.59 Å². The zero-order valence-electron chi connectivity index (χ0n) is 15.2. The highest BCUT2D eigenvalue weighted by atomic mass is 16.2.